The molecule has 2 heterocycles. The molecule has 4 N–H and O–H groups in total. The van der Waals surface area contributed by atoms with E-state index in [1.165, 1.54) is 24.3 Å². The predicted molar refractivity (Wildman–Crippen MR) is 130 cm³/mol. The van der Waals surface area contributed by atoms with Gasteiger partial charge in [0, 0.05) is 44.7 Å². The van der Waals surface area contributed by atoms with Crippen molar-refractivity contribution >= 4 is 17.8 Å². The number of aromatic nitrogens is 3. The maximum atomic E-state index is 12.5. The first-order valence-electron chi connectivity index (χ1n) is 12.1. The van der Waals surface area contributed by atoms with E-state index in [4.69, 9.17) is 15.2 Å². The average Bonchev–Trinajstić information content (AvgIpc) is 3.27. The molecule has 1 aliphatic heterocycles. The first-order valence-corrected chi connectivity index (χ1v) is 12.1. The highest BCUT2D eigenvalue weighted by Gasteiger charge is 2.31. The third-order valence-electron chi connectivity index (χ3n) is 5.20. The second kappa shape index (κ2) is 14.5. The van der Waals surface area contributed by atoms with E-state index in [9.17, 15) is 18.0 Å². The highest BCUT2D eigenvalue weighted by Crippen LogP contribution is 2.26. The van der Waals surface area contributed by atoms with E-state index in [1.54, 1.807) is 0 Å². The van der Waals surface area contributed by atoms with Crippen LogP contribution in [0.5, 0.6) is 5.75 Å². The average molecular weight is 528 g/mol. The Morgan fingerprint density at radius 3 is 2.24 bits per heavy atom. The fraction of sp³-hybridized carbons (Fsp3) is 0.565. The Kier molecular flexibility index (Phi) is 11.1. The molecule has 1 saturated heterocycles. The van der Waals surface area contributed by atoms with Gasteiger partial charge in [-0.25, -0.2) is 0 Å². The van der Waals surface area contributed by atoms with E-state index in [-0.39, 0.29) is 23.4 Å². The zero-order valence-corrected chi connectivity index (χ0v) is 20.4. The molecule has 0 saturated carbocycles. The topological polar surface area (TPSA) is 137 Å². The largest absolute Gasteiger partial charge is 0.573 e. The van der Waals surface area contributed by atoms with E-state index in [0.29, 0.717) is 77.0 Å². The van der Waals surface area contributed by atoms with Crippen molar-refractivity contribution < 1.29 is 32.2 Å². The molecule has 37 heavy (non-hydrogen) atoms. The molecule has 0 radical (unpaired) electrons. The van der Waals surface area contributed by atoms with Gasteiger partial charge < -0.3 is 35.5 Å². The van der Waals surface area contributed by atoms with Crippen molar-refractivity contribution in [1.82, 2.24) is 19.9 Å². The van der Waals surface area contributed by atoms with Crippen molar-refractivity contribution in [3.05, 3.63) is 24.3 Å². The highest BCUT2D eigenvalue weighted by molar-refractivity contribution is 5.78. The van der Waals surface area contributed by atoms with Crippen molar-refractivity contribution in [3.8, 4) is 17.1 Å². The highest BCUT2D eigenvalue weighted by atomic mass is 19.4. The summed E-state index contributed by atoms with van der Waals surface area (Å²) in [7, 11) is 0. The Labute approximate surface area is 212 Å². The third kappa shape index (κ3) is 10.3. The molecule has 14 heteroatoms. The van der Waals surface area contributed by atoms with Gasteiger partial charge in [-0.2, -0.15) is 15.0 Å². The lowest BCUT2D eigenvalue weighted by Crippen LogP contribution is -2.27. The number of anilines is 2. The van der Waals surface area contributed by atoms with Crippen molar-refractivity contribution in [2.45, 2.75) is 25.6 Å². The number of hydrogen-bond donors (Lipinski definition) is 3. The van der Waals surface area contributed by atoms with Crippen molar-refractivity contribution in [3.63, 3.8) is 0 Å². The summed E-state index contributed by atoms with van der Waals surface area (Å²) < 4.78 is 52.1. The number of nitrogens with two attached hydrogens (primary N) is 1. The maximum Gasteiger partial charge on any atom is 0.573 e. The molecule has 204 valence electrons. The normalized spacial score (nSPS) is 13.7. The number of nitrogens with one attached hydrogen (secondary N) is 2. The van der Waals surface area contributed by atoms with E-state index in [1.807, 2.05) is 4.90 Å². The minimum absolute atomic E-state index is 0.167. The summed E-state index contributed by atoms with van der Waals surface area (Å²) in [5.41, 5.74) is 5.84. The predicted octanol–water partition coefficient (Wildman–Crippen LogP) is 2.27. The van der Waals surface area contributed by atoms with Gasteiger partial charge in [-0.15, -0.1) is 13.2 Å². The fourth-order valence-corrected chi connectivity index (χ4v) is 3.52. The fourth-order valence-electron chi connectivity index (χ4n) is 3.52. The van der Waals surface area contributed by atoms with Gasteiger partial charge in [-0.3, -0.25) is 4.79 Å². The standard InChI is InChI=1S/C23H32F3N7O4/c24-23(25,26)37-18-6-4-17(5-7-18)20-30-21(28-9-2-12-33-11-1-3-19(33)34)32-22(31-20)29-10-14-36-16-15-35-13-8-27/h4-7H,1-3,8-16,27H2,(H2,28,29,30,31,32). The number of rotatable bonds is 16. The van der Waals surface area contributed by atoms with Crippen LogP contribution in [-0.2, 0) is 14.3 Å². The second-order valence-corrected chi connectivity index (χ2v) is 8.08. The summed E-state index contributed by atoms with van der Waals surface area (Å²) >= 11 is 0. The zero-order valence-electron chi connectivity index (χ0n) is 20.4. The maximum absolute atomic E-state index is 12.5. The summed E-state index contributed by atoms with van der Waals surface area (Å²) in [5.74, 6) is 0.670. The number of carbonyl (C=O) groups is 1. The van der Waals surface area contributed by atoms with Gasteiger partial charge in [0.15, 0.2) is 5.82 Å². The molecule has 1 aromatic heterocycles. The van der Waals surface area contributed by atoms with E-state index in [0.717, 1.165) is 13.0 Å². The molecule has 0 spiro atoms. The summed E-state index contributed by atoms with van der Waals surface area (Å²) in [6, 6.07) is 5.27. The van der Waals surface area contributed by atoms with Crippen LogP contribution >= 0.6 is 0 Å². The summed E-state index contributed by atoms with van der Waals surface area (Å²) in [6.45, 7) is 4.52. The van der Waals surface area contributed by atoms with E-state index in [2.05, 4.69) is 30.3 Å². The van der Waals surface area contributed by atoms with Gasteiger partial charge in [-0.05, 0) is 37.1 Å². The molecule has 3 rings (SSSR count). The number of halogens is 3. The molecule has 1 aliphatic rings. The second-order valence-electron chi connectivity index (χ2n) is 8.08. The Morgan fingerprint density at radius 2 is 1.62 bits per heavy atom. The lowest BCUT2D eigenvalue weighted by molar-refractivity contribution is -0.274. The van der Waals surface area contributed by atoms with Crippen LogP contribution in [0.2, 0.25) is 0 Å². The van der Waals surface area contributed by atoms with Gasteiger partial charge in [0.25, 0.3) is 0 Å². The monoisotopic (exact) mass is 527 g/mol. The van der Waals surface area contributed by atoms with Crippen molar-refractivity contribution in [2.75, 3.05) is 69.8 Å². The summed E-state index contributed by atoms with van der Waals surface area (Å²) in [5, 5.41) is 6.20. The van der Waals surface area contributed by atoms with Crippen LogP contribution < -0.4 is 21.1 Å². The number of benzene rings is 1. The van der Waals surface area contributed by atoms with Crippen molar-refractivity contribution in [1.29, 1.82) is 0 Å². The molecular formula is C23H32F3N7O4. The van der Waals surface area contributed by atoms with Gasteiger partial charge >= 0.3 is 6.36 Å². The van der Waals surface area contributed by atoms with Crippen LogP contribution in [-0.4, -0.2) is 91.3 Å². The Bertz CT molecular complexity index is 980. The Hall–Kier alpha value is -3.23. The molecule has 0 atom stereocenters. The summed E-state index contributed by atoms with van der Waals surface area (Å²) in [6.07, 6.45) is -2.59. The minimum Gasteiger partial charge on any atom is -0.406 e. The molecule has 0 unspecified atom stereocenters. The summed E-state index contributed by atoms with van der Waals surface area (Å²) in [4.78, 5) is 26.8. The minimum atomic E-state index is -4.78. The van der Waals surface area contributed by atoms with Crippen LogP contribution in [0, 0.1) is 0 Å². The Balaban J connectivity index is 1.60. The van der Waals surface area contributed by atoms with Crippen LogP contribution in [0.1, 0.15) is 19.3 Å². The van der Waals surface area contributed by atoms with Gasteiger partial charge in [0.2, 0.25) is 17.8 Å². The molecule has 0 aliphatic carbocycles. The molecule has 1 fully saturated rings. The molecule has 2 aromatic rings. The zero-order chi connectivity index (χ0) is 26.5. The third-order valence-corrected chi connectivity index (χ3v) is 5.20. The van der Waals surface area contributed by atoms with E-state index < -0.39 is 6.36 Å². The van der Waals surface area contributed by atoms with Crippen molar-refractivity contribution in [2.24, 2.45) is 5.73 Å². The van der Waals surface area contributed by atoms with Crippen LogP contribution in [0.15, 0.2) is 24.3 Å². The molecule has 11 nitrogen and oxygen atoms in total. The van der Waals surface area contributed by atoms with Gasteiger partial charge in [0.05, 0.1) is 26.4 Å². The Morgan fingerprint density at radius 1 is 0.946 bits per heavy atom. The number of amides is 1. The first-order chi connectivity index (χ1) is 17.8. The molecule has 1 aromatic carbocycles. The number of carbonyl (C=O) groups excluding carboxylic acids is 1. The smallest absolute Gasteiger partial charge is 0.406 e. The number of alkyl halides is 3. The van der Waals surface area contributed by atoms with Gasteiger partial charge in [-0.1, -0.05) is 0 Å². The molecular weight excluding hydrogens is 495 g/mol. The van der Waals surface area contributed by atoms with E-state index >= 15 is 0 Å². The SMILES string of the molecule is NCCOCCOCCNc1nc(NCCCN2CCCC2=O)nc(-c2ccc(OC(F)(F)F)cc2)n1. The van der Waals surface area contributed by atoms with Crippen LogP contribution in [0.3, 0.4) is 0 Å². The number of ether oxygens (including phenoxy) is 3. The quantitative estimate of drug-likeness (QED) is 0.279. The number of hydrogen-bond acceptors (Lipinski definition) is 10. The number of nitrogens with zero attached hydrogens (tertiary/aromatic N) is 4. The number of likely N-dealkylation sites (tertiary alicyclic amines) is 1. The lowest BCUT2D eigenvalue weighted by Gasteiger charge is -2.15. The molecule has 0 bridgehead atoms. The molecule has 1 amide bonds. The van der Waals surface area contributed by atoms with Crippen LogP contribution in [0.4, 0.5) is 25.1 Å². The van der Waals surface area contributed by atoms with Crippen LogP contribution in [0.25, 0.3) is 11.4 Å². The van der Waals surface area contributed by atoms with Gasteiger partial charge in [0.1, 0.15) is 5.75 Å². The lowest BCUT2D eigenvalue weighted by atomic mass is 10.2. The first kappa shape index (κ1) is 28.3.